The molecule has 5 rings (SSSR count). The summed E-state index contributed by atoms with van der Waals surface area (Å²) in [5.41, 5.74) is 6.95. The number of rotatable bonds is 2. The lowest BCUT2D eigenvalue weighted by Gasteiger charge is -2.38. The van der Waals surface area contributed by atoms with E-state index < -0.39 is 15.4 Å². The van der Waals surface area contributed by atoms with Crippen LogP contribution >= 0.6 is 0 Å². The van der Waals surface area contributed by atoms with Gasteiger partial charge in [0, 0.05) is 48.3 Å². The number of benzene rings is 2. The SMILES string of the molecule is C#Cc1cc2c(cc1N1CCN(S(C)(=O)=O)CC1)C(C)(C)C1=C(C2=O)c2ccc(C#N)cc2C1. The van der Waals surface area contributed by atoms with Crippen molar-refractivity contribution in [1.29, 1.82) is 5.26 Å². The van der Waals surface area contributed by atoms with Crippen molar-refractivity contribution < 1.29 is 13.2 Å². The maximum Gasteiger partial charge on any atom is 0.211 e. The van der Waals surface area contributed by atoms with Gasteiger partial charge in [0.05, 0.1) is 23.6 Å². The van der Waals surface area contributed by atoms with Gasteiger partial charge in [-0.25, -0.2) is 8.42 Å². The molecule has 0 unspecified atom stereocenters. The number of piperazine rings is 1. The van der Waals surface area contributed by atoms with Gasteiger partial charge < -0.3 is 4.90 Å². The van der Waals surface area contributed by atoms with Crippen LogP contribution in [0.3, 0.4) is 0 Å². The highest BCUT2D eigenvalue weighted by molar-refractivity contribution is 7.88. The first-order chi connectivity index (χ1) is 16.1. The van der Waals surface area contributed by atoms with E-state index in [-0.39, 0.29) is 5.78 Å². The molecule has 0 radical (unpaired) electrons. The summed E-state index contributed by atoms with van der Waals surface area (Å²) in [6.45, 7) is 6.12. The number of nitrogens with zero attached hydrogens (tertiary/aromatic N) is 3. The van der Waals surface area contributed by atoms with Crippen LogP contribution in [0.25, 0.3) is 5.57 Å². The van der Waals surface area contributed by atoms with Gasteiger partial charge >= 0.3 is 0 Å². The maximum atomic E-state index is 13.7. The Morgan fingerprint density at radius 1 is 1.06 bits per heavy atom. The Morgan fingerprint density at radius 2 is 1.76 bits per heavy atom. The molecule has 0 N–H and O–H groups in total. The molecule has 6 nitrogen and oxygen atoms in total. The number of carbonyl (C=O) groups excluding carboxylic acids is 1. The number of allylic oxidation sites excluding steroid dienone is 2. The molecule has 0 bridgehead atoms. The molecule has 0 atom stereocenters. The highest BCUT2D eigenvalue weighted by Gasteiger charge is 2.43. The van der Waals surface area contributed by atoms with Gasteiger partial charge in [-0.05, 0) is 52.9 Å². The summed E-state index contributed by atoms with van der Waals surface area (Å²) in [4.78, 5) is 15.8. The number of sulfonamides is 1. The first-order valence-electron chi connectivity index (χ1n) is 11.2. The Balaban J connectivity index is 1.58. The van der Waals surface area contributed by atoms with Gasteiger partial charge in [0.1, 0.15) is 0 Å². The third-order valence-electron chi connectivity index (χ3n) is 7.41. The van der Waals surface area contributed by atoms with Crippen LogP contribution in [-0.2, 0) is 21.9 Å². The summed E-state index contributed by atoms with van der Waals surface area (Å²) in [5.74, 6) is 2.72. The van der Waals surface area contributed by atoms with Gasteiger partial charge in [-0.15, -0.1) is 6.42 Å². The van der Waals surface area contributed by atoms with E-state index in [2.05, 4.69) is 30.7 Å². The van der Waals surface area contributed by atoms with Gasteiger partial charge in [-0.3, -0.25) is 4.79 Å². The highest BCUT2D eigenvalue weighted by atomic mass is 32.2. The van der Waals surface area contributed by atoms with Crippen LogP contribution in [0.2, 0.25) is 0 Å². The average molecular weight is 472 g/mol. The maximum absolute atomic E-state index is 13.7. The number of carbonyl (C=O) groups is 1. The Bertz CT molecular complexity index is 1480. The number of fused-ring (bicyclic) bond motifs is 3. The van der Waals surface area contributed by atoms with Crippen LogP contribution in [-0.4, -0.2) is 50.9 Å². The molecule has 0 aromatic heterocycles. The lowest BCUT2D eigenvalue weighted by molar-refractivity contribution is 0.105. The molecule has 0 spiro atoms. The van der Waals surface area contributed by atoms with E-state index in [0.29, 0.717) is 49.3 Å². The van der Waals surface area contributed by atoms with E-state index in [0.717, 1.165) is 33.5 Å². The monoisotopic (exact) mass is 471 g/mol. The second-order valence-electron chi connectivity index (χ2n) is 9.68. The number of hydrogen-bond acceptors (Lipinski definition) is 5. The summed E-state index contributed by atoms with van der Waals surface area (Å²) in [6, 6.07) is 11.6. The summed E-state index contributed by atoms with van der Waals surface area (Å²) in [5, 5.41) is 9.31. The molecule has 2 aromatic rings. The fraction of sp³-hybridized carbons (Fsp3) is 0.333. The molecular weight excluding hydrogens is 446 g/mol. The minimum Gasteiger partial charge on any atom is -0.368 e. The van der Waals surface area contributed by atoms with Crippen molar-refractivity contribution in [2.24, 2.45) is 0 Å². The van der Waals surface area contributed by atoms with E-state index in [1.165, 1.54) is 10.6 Å². The van der Waals surface area contributed by atoms with Crippen LogP contribution in [0.15, 0.2) is 35.9 Å². The Morgan fingerprint density at radius 3 is 2.38 bits per heavy atom. The van der Waals surface area contributed by atoms with E-state index in [4.69, 9.17) is 6.42 Å². The van der Waals surface area contributed by atoms with Crippen LogP contribution in [0.4, 0.5) is 5.69 Å². The first-order valence-corrected chi connectivity index (χ1v) is 13.1. The molecule has 3 aliphatic rings. The Kier molecular flexibility index (Phi) is 4.98. The van der Waals surface area contributed by atoms with E-state index in [1.54, 1.807) is 6.07 Å². The number of terminal acetylenes is 1. The standard InChI is InChI=1S/C27H25N3O3S/c1-5-18-13-21-22(15-24(18)29-8-10-30(11-9-29)34(4,32)33)27(2,3)23-14-19-12-17(16-28)6-7-20(19)25(23)26(21)31/h1,6-7,12-13,15H,8-11,14H2,2-4H3. The second kappa shape index (κ2) is 7.56. The van der Waals surface area contributed by atoms with Crippen molar-refractivity contribution in [2.75, 3.05) is 37.3 Å². The van der Waals surface area contributed by atoms with Crippen molar-refractivity contribution >= 4 is 27.1 Å². The Hall–Kier alpha value is -3.39. The number of Topliss-reactive ketones (excluding diaryl/α,β-unsaturated/α-hetero) is 1. The lowest BCUT2D eigenvalue weighted by Crippen LogP contribution is -2.48. The van der Waals surface area contributed by atoms with Crippen molar-refractivity contribution in [3.05, 3.63) is 69.3 Å². The minimum atomic E-state index is -3.23. The van der Waals surface area contributed by atoms with Crippen molar-refractivity contribution in [3.63, 3.8) is 0 Å². The van der Waals surface area contributed by atoms with E-state index in [9.17, 15) is 18.5 Å². The van der Waals surface area contributed by atoms with Crippen LogP contribution in [0.1, 0.15) is 52.0 Å². The van der Waals surface area contributed by atoms with Gasteiger partial charge in [0.25, 0.3) is 0 Å². The number of ketones is 1. The molecule has 172 valence electrons. The van der Waals surface area contributed by atoms with Crippen LogP contribution in [0.5, 0.6) is 0 Å². The number of nitriles is 1. The van der Waals surface area contributed by atoms with Crippen molar-refractivity contribution in [2.45, 2.75) is 25.7 Å². The van der Waals surface area contributed by atoms with Gasteiger partial charge in [-0.2, -0.15) is 9.57 Å². The molecule has 0 saturated carbocycles. The molecule has 2 aliphatic carbocycles. The third-order valence-corrected chi connectivity index (χ3v) is 8.72. The van der Waals surface area contributed by atoms with Gasteiger partial charge in [0.15, 0.2) is 5.78 Å². The van der Waals surface area contributed by atoms with Crippen LogP contribution in [0, 0.1) is 23.7 Å². The molecular formula is C27H25N3O3S. The van der Waals surface area contributed by atoms with Crippen molar-refractivity contribution in [3.8, 4) is 18.4 Å². The molecule has 34 heavy (non-hydrogen) atoms. The fourth-order valence-electron chi connectivity index (χ4n) is 5.52. The fourth-order valence-corrected chi connectivity index (χ4v) is 6.34. The molecule has 0 amide bonds. The normalized spacial score (nSPS) is 19.2. The zero-order valence-corrected chi connectivity index (χ0v) is 20.3. The van der Waals surface area contributed by atoms with E-state index >= 15 is 0 Å². The molecule has 1 heterocycles. The summed E-state index contributed by atoms with van der Waals surface area (Å²) < 4.78 is 25.3. The minimum absolute atomic E-state index is 0.0299. The molecule has 1 aliphatic heterocycles. The zero-order valence-electron chi connectivity index (χ0n) is 19.5. The zero-order chi connectivity index (χ0) is 24.4. The highest BCUT2D eigenvalue weighted by Crippen LogP contribution is 2.51. The van der Waals surface area contributed by atoms with Crippen molar-refractivity contribution in [1.82, 2.24) is 4.31 Å². The predicted molar refractivity (Wildman–Crippen MR) is 132 cm³/mol. The van der Waals surface area contributed by atoms with E-state index in [1.807, 2.05) is 24.3 Å². The first kappa shape index (κ1) is 22.4. The van der Waals surface area contributed by atoms with Gasteiger partial charge in [0.2, 0.25) is 10.0 Å². The molecule has 1 fully saturated rings. The average Bonchev–Trinajstić information content (AvgIpc) is 3.21. The molecule has 2 aromatic carbocycles. The molecule has 7 heteroatoms. The number of anilines is 1. The third kappa shape index (κ3) is 3.27. The predicted octanol–water partition coefficient (Wildman–Crippen LogP) is 3.10. The summed E-state index contributed by atoms with van der Waals surface area (Å²) in [6.07, 6.45) is 7.74. The number of hydrogen-bond donors (Lipinski definition) is 0. The Labute approximate surface area is 200 Å². The quantitative estimate of drug-likeness (QED) is 0.629. The summed E-state index contributed by atoms with van der Waals surface area (Å²) in [7, 11) is -3.23. The largest absolute Gasteiger partial charge is 0.368 e. The summed E-state index contributed by atoms with van der Waals surface area (Å²) >= 11 is 0. The topological polar surface area (TPSA) is 81.5 Å². The smallest absolute Gasteiger partial charge is 0.211 e. The lowest BCUT2D eigenvalue weighted by atomic mass is 9.68. The van der Waals surface area contributed by atoms with Crippen LogP contribution < -0.4 is 4.90 Å². The van der Waals surface area contributed by atoms with Gasteiger partial charge in [-0.1, -0.05) is 25.8 Å². The second-order valence-corrected chi connectivity index (χ2v) is 11.7. The molecule has 1 saturated heterocycles.